The molecule has 1 aromatic heterocycles. The third kappa shape index (κ3) is 2.77. The number of benzene rings is 1. The highest BCUT2D eigenvalue weighted by atomic mass is 16.3. The molecule has 3 aliphatic rings. The van der Waals surface area contributed by atoms with Crippen LogP contribution in [0.25, 0.3) is 10.8 Å². The van der Waals surface area contributed by atoms with Gasteiger partial charge in [0.2, 0.25) is 5.91 Å². The third-order valence-corrected chi connectivity index (χ3v) is 7.03. The van der Waals surface area contributed by atoms with Crippen LogP contribution in [0.3, 0.4) is 0 Å². The number of nitrogens with zero attached hydrogens (tertiary/aromatic N) is 3. The monoisotopic (exact) mass is 396 g/mol. The Morgan fingerprint density at radius 2 is 1.83 bits per heavy atom. The van der Waals surface area contributed by atoms with E-state index in [2.05, 4.69) is 10.2 Å². The Morgan fingerprint density at radius 1 is 1.14 bits per heavy atom. The molecular formula is C21H24N4O4. The van der Waals surface area contributed by atoms with Crippen LogP contribution in [0.5, 0.6) is 0 Å². The molecule has 2 saturated heterocycles. The fourth-order valence-electron chi connectivity index (χ4n) is 5.07. The van der Waals surface area contributed by atoms with Gasteiger partial charge in [-0.15, -0.1) is 0 Å². The van der Waals surface area contributed by atoms with Crippen molar-refractivity contribution < 1.29 is 14.7 Å². The number of aromatic nitrogens is 2. The maximum Gasteiger partial charge on any atom is 0.274 e. The largest absolute Gasteiger partial charge is 0.396 e. The summed E-state index contributed by atoms with van der Waals surface area (Å²) in [7, 11) is 0. The Morgan fingerprint density at radius 3 is 2.48 bits per heavy atom. The van der Waals surface area contributed by atoms with Crippen molar-refractivity contribution in [1.29, 1.82) is 0 Å². The summed E-state index contributed by atoms with van der Waals surface area (Å²) in [5.41, 5.74) is -0.587. The van der Waals surface area contributed by atoms with Crippen LogP contribution in [-0.2, 0) is 4.79 Å². The topological polar surface area (TPSA) is 107 Å². The lowest BCUT2D eigenvalue weighted by Gasteiger charge is -2.31. The lowest BCUT2D eigenvalue weighted by Crippen LogP contribution is -2.43. The van der Waals surface area contributed by atoms with Gasteiger partial charge < -0.3 is 14.9 Å². The van der Waals surface area contributed by atoms with E-state index in [0.717, 1.165) is 19.3 Å². The number of aromatic amines is 1. The van der Waals surface area contributed by atoms with Gasteiger partial charge in [-0.25, -0.2) is 5.10 Å². The van der Waals surface area contributed by atoms with Crippen LogP contribution in [0.15, 0.2) is 29.1 Å². The van der Waals surface area contributed by atoms with Crippen molar-refractivity contribution >= 4 is 22.6 Å². The van der Waals surface area contributed by atoms with Gasteiger partial charge >= 0.3 is 0 Å². The molecule has 2 N–H and O–H groups in total. The number of hydrogen-bond acceptors (Lipinski definition) is 5. The van der Waals surface area contributed by atoms with E-state index < -0.39 is 5.41 Å². The minimum atomic E-state index is -0.479. The van der Waals surface area contributed by atoms with Gasteiger partial charge in [-0.3, -0.25) is 14.4 Å². The number of aliphatic hydroxyl groups excluding tert-OH is 1. The number of carbonyl (C=O) groups excluding carboxylic acids is 2. The summed E-state index contributed by atoms with van der Waals surface area (Å²) in [5, 5.41) is 17.6. The molecule has 2 aromatic rings. The lowest BCUT2D eigenvalue weighted by atomic mass is 9.82. The lowest BCUT2D eigenvalue weighted by molar-refractivity contribution is -0.137. The van der Waals surface area contributed by atoms with Gasteiger partial charge in [-0.2, -0.15) is 5.10 Å². The van der Waals surface area contributed by atoms with Crippen molar-refractivity contribution in [2.75, 3.05) is 32.8 Å². The van der Waals surface area contributed by atoms with Crippen LogP contribution in [0.1, 0.15) is 29.8 Å². The molecule has 152 valence electrons. The average molecular weight is 396 g/mol. The average Bonchev–Trinajstić information content (AvgIpc) is 3.21. The molecule has 2 atom stereocenters. The summed E-state index contributed by atoms with van der Waals surface area (Å²) in [6.45, 7) is 1.88. The minimum absolute atomic E-state index is 0.0505. The van der Waals surface area contributed by atoms with Crippen molar-refractivity contribution in [2.24, 2.45) is 17.3 Å². The minimum Gasteiger partial charge on any atom is -0.396 e. The normalized spacial score (nSPS) is 26.6. The van der Waals surface area contributed by atoms with E-state index in [-0.39, 0.29) is 41.5 Å². The van der Waals surface area contributed by atoms with Crippen LogP contribution in [-0.4, -0.2) is 69.7 Å². The molecule has 0 radical (unpaired) electrons. The third-order valence-electron chi connectivity index (χ3n) is 7.03. The number of hydrogen-bond donors (Lipinski definition) is 2. The Kier molecular flexibility index (Phi) is 4.20. The summed E-state index contributed by atoms with van der Waals surface area (Å²) >= 11 is 0. The van der Waals surface area contributed by atoms with Crippen LogP contribution >= 0.6 is 0 Å². The smallest absolute Gasteiger partial charge is 0.274 e. The molecule has 2 aliphatic heterocycles. The van der Waals surface area contributed by atoms with E-state index in [1.165, 1.54) is 0 Å². The number of aliphatic hydroxyl groups is 1. The number of carbonyl (C=O) groups is 2. The van der Waals surface area contributed by atoms with Gasteiger partial charge in [0.1, 0.15) is 0 Å². The van der Waals surface area contributed by atoms with Crippen LogP contribution in [0.2, 0.25) is 0 Å². The molecule has 0 spiro atoms. The summed E-state index contributed by atoms with van der Waals surface area (Å²) in [4.78, 5) is 41.5. The molecule has 3 heterocycles. The highest BCUT2D eigenvalue weighted by molar-refractivity contribution is 6.04. The molecule has 8 heteroatoms. The SMILES string of the molecule is O=C(c1n[nH]c(=O)c2ccccc12)N1CC2CN(C(=O)C3CCC3)CC2(CO)C1. The zero-order valence-corrected chi connectivity index (χ0v) is 16.1. The van der Waals surface area contributed by atoms with Gasteiger partial charge in [0.25, 0.3) is 11.5 Å². The molecule has 2 amide bonds. The molecule has 3 fully saturated rings. The first-order valence-corrected chi connectivity index (χ1v) is 10.2. The number of rotatable bonds is 3. The fraction of sp³-hybridized carbons (Fsp3) is 0.524. The molecule has 8 nitrogen and oxygen atoms in total. The Bertz CT molecular complexity index is 1050. The second-order valence-corrected chi connectivity index (χ2v) is 8.70. The summed E-state index contributed by atoms with van der Waals surface area (Å²) in [5.74, 6) is 0.134. The van der Waals surface area contributed by atoms with E-state index in [1.54, 1.807) is 29.2 Å². The van der Waals surface area contributed by atoms with Gasteiger partial charge in [-0.1, -0.05) is 24.6 Å². The van der Waals surface area contributed by atoms with Crippen molar-refractivity contribution in [1.82, 2.24) is 20.0 Å². The highest BCUT2D eigenvalue weighted by Gasteiger charge is 2.55. The van der Waals surface area contributed by atoms with Crippen LogP contribution < -0.4 is 5.56 Å². The van der Waals surface area contributed by atoms with Crippen molar-refractivity contribution in [2.45, 2.75) is 19.3 Å². The first-order valence-electron chi connectivity index (χ1n) is 10.2. The fourth-order valence-corrected chi connectivity index (χ4v) is 5.07. The second-order valence-electron chi connectivity index (χ2n) is 8.70. The van der Waals surface area contributed by atoms with E-state index in [9.17, 15) is 19.5 Å². The number of fused-ring (bicyclic) bond motifs is 2. The second kappa shape index (κ2) is 6.66. The quantitative estimate of drug-likeness (QED) is 0.791. The maximum absolute atomic E-state index is 13.2. The zero-order chi connectivity index (χ0) is 20.2. The molecule has 5 rings (SSSR count). The van der Waals surface area contributed by atoms with E-state index in [4.69, 9.17) is 0 Å². The van der Waals surface area contributed by atoms with Gasteiger partial charge in [0.15, 0.2) is 5.69 Å². The van der Waals surface area contributed by atoms with Gasteiger partial charge in [-0.05, 0) is 18.9 Å². The van der Waals surface area contributed by atoms with Crippen LogP contribution in [0.4, 0.5) is 0 Å². The number of amides is 2. The maximum atomic E-state index is 13.2. The van der Waals surface area contributed by atoms with E-state index in [1.807, 2.05) is 4.90 Å². The van der Waals surface area contributed by atoms with Crippen molar-refractivity contribution in [3.8, 4) is 0 Å². The number of likely N-dealkylation sites (tertiary alicyclic amines) is 2. The molecule has 2 unspecified atom stereocenters. The Hall–Kier alpha value is -2.74. The predicted octanol–water partition coefficient (Wildman–Crippen LogP) is 0.616. The van der Waals surface area contributed by atoms with Crippen molar-refractivity contribution in [3.63, 3.8) is 0 Å². The highest BCUT2D eigenvalue weighted by Crippen LogP contribution is 2.44. The Balaban J connectivity index is 1.39. The summed E-state index contributed by atoms with van der Waals surface area (Å²) in [6, 6.07) is 6.92. The van der Waals surface area contributed by atoms with Gasteiger partial charge in [0.05, 0.1) is 12.0 Å². The Labute approximate surface area is 167 Å². The van der Waals surface area contributed by atoms with Crippen LogP contribution in [0, 0.1) is 17.3 Å². The van der Waals surface area contributed by atoms with Gasteiger partial charge in [0, 0.05) is 48.8 Å². The van der Waals surface area contributed by atoms with E-state index >= 15 is 0 Å². The number of H-pyrrole nitrogens is 1. The molecular weight excluding hydrogens is 372 g/mol. The first-order chi connectivity index (χ1) is 14.0. The number of nitrogens with one attached hydrogen (secondary N) is 1. The standard InChI is InChI=1S/C21H24N4O4/c26-12-21-10-24(19(28)13-4-3-5-13)8-14(21)9-25(11-21)20(29)17-15-6-1-2-7-16(15)18(27)23-22-17/h1-2,6-7,13-14,26H,3-5,8-12H2,(H,23,27). The predicted molar refractivity (Wildman–Crippen MR) is 105 cm³/mol. The van der Waals surface area contributed by atoms with E-state index in [0.29, 0.717) is 37.0 Å². The zero-order valence-electron chi connectivity index (χ0n) is 16.1. The van der Waals surface area contributed by atoms with Crippen molar-refractivity contribution in [3.05, 3.63) is 40.3 Å². The molecule has 29 heavy (non-hydrogen) atoms. The molecule has 1 saturated carbocycles. The summed E-state index contributed by atoms with van der Waals surface area (Å²) in [6.07, 6.45) is 3.03. The molecule has 1 aromatic carbocycles. The molecule has 1 aliphatic carbocycles. The molecule has 0 bridgehead atoms. The summed E-state index contributed by atoms with van der Waals surface area (Å²) < 4.78 is 0. The first kappa shape index (κ1) is 18.3.